The van der Waals surface area contributed by atoms with Crippen LogP contribution in [0.3, 0.4) is 0 Å². The van der Waals surface area contributed by atoms with Gasteiger partial charge in [0.1, 0.15) is 11.6 Å². The van der Waals surface area contributed by atoms with E-state index in [1.165, 1.54) is 37.2 Å². The highest BCUT2D eigenvalue weighted by molar-refractivity contribution is 5.81. The fourth-order valence-corrected chi connectivity index (χ4v) is 3.32. The van der Waals surface area contributed by atoms with Crippen molar-refractivity contribution in [3.8, 4) is 17.2 Å². The molecule has 0 spiro atoms. The molecule has 0 aliphatic rings. The third kappa shape index (κ3) is 6.68. The number of amides is 1. The third-order valence-corrected chi connectivity index (χ3v) is 5.11. The highest BCUT2D eigenvalue weighted by atomic mass is 19.1. The van der Waals surface area contributed by atoms with Crippen molar-refractivity contribution in [3.05, 3.63) is 58.9 Å². The van der Waals surface area contributed by atoms with E-state index >= 15 is 0 Å². The Bertz CT molecular complexity index is 1130. The summed E-state index contributed by atoms with van der Waals surface area (Å²) in [5.74, 6) is 1.23. The van der Waals surface area contributed by atoms with Crippen LogP contribution in [-0.2, 0) is 11.3 Å². The lowest BCUT2D eigenvalue weighted by atomic mass is 10.2. The molecule has 0 saturated carbocycles. The molecule has 0 fully saturated rings. The molecule has 0 bridgehead atoms. The van der Waals surface area contributed by atoms with E-state index in [1.807, 2.05) is 0 Å². The van der Waals surface area contributed by atoms with Gasteiger partial charge in [-0.3, -0.25) is 14.2 Å². The molecule has 0 aliphatic carbocycles. The minimum absolute atomic E-state index is 0.0670. The number of hydrogen-bond donors (Lipinski definition) is 1. The molecule has 3 rings (SSSR count). The maximum absolute atomic E-state index is 12.8. The van der Waals surface area contributed by atoms with E-state index < -0.39 is 0 Å². The van der Waals surface area contributed by atoms with Gasteiger partial charge >= 0.3 is 0 Å². The summed E-state index contributed by atoms with van der Waals surface area (Å²) in [7, 11) is 3.04. The molecule has 1 amide bonds. The first-order chi connectivity index (χ1) is 16.0. The van der Waals surface area contributed by atoms with Gasteiger partial charge in [-0.1, -0.05) is 0 Å². The molecule has 3 aromatic rings. The van der Waals surface area contributed by atoms with Crippen molar-refractivity contribution in [1.29, 1.82) is 0 Å². The van der Waals surface area contributed by atoms with Crippen molar-refractivity contribution < 1.29 is 23.4 Å². The van der Waals surface area contributed by atoms with Gasteiger partial charge in [-0.05, 0) is 49.6 Å². The van der Waals surface area contributed by atoms with Crippen molar-refractivity contribution >= 4 is 16.8 Å². The number of halogens is 1. The molecule has 1 heterocycles. The number of rotatable bonds is 12. The molecule has 0 unspecified atom stereocenters. The van der Waals surface area contributed by atoms with Gasteiger partial charge in [-0.25, -0.2) is 9.37 Å². The van der Waals surface area contributed by atoms with Crippen molar-refractivity contribution in [3.63, 3.8) is 0 Å². The largest absolute Gasteiger partial charge is 0.494 e. The predicted molar refractivity (Wildman–Crippen MR) is 122 cm³/mol. The highest BCUT2D eigenvalue weighted by Gasteiger charge is 2.11. The van der Waals surface area contributed by atoms with Crippen molar-refractivity contribution in [2.45, 2.75) is 32.2 Å². The second kappa shape index (κ2) is 11.8. The van der Waals surface area contributed by atoms with Gasteiger partial charge in [0.25, 0.3) is 5.56 Å². The fourth-order valence-electron chi connectivity index (χ4n) is 3.32. The van der Waals surface area contributed by atoms with Gasteiger partial charge in [0.05, 0.1) is 38.1 Å². The number of methoxy groups -OCH3 is 2. The lowest BCUT2D eigenvalue weighted by Gasteiger charge is -2.11. The molecule has 1 aromatic heterocycles. The second-order valence-corrected chi connectivity index (χ2v) is 7.43. The third-order valence-electron chi connectivity index (χ3n) is 5.11. The maximum Gasteiger partial charge on any atom is 0.261 e. The number of hydrogen-bond acceptors (Lipinski definition) is 6. The Labute approximate surface area is 191 Å². The smallest absolute Gasteiger partial charge is 0.261 e. The fraction of sp³-hybridized carbons (Fsp3) is 0.375. The first-order valence-corrected chi connectivity index (χ1v) is 10.8. The summed E-state index contributed by atoms with van der Waals surface area (Å²) in [6.45, 7) is 1.43. The summed E-state index contributed by atoms with van der Waals surface area (Å²) in [6.07, 6.45) is 3.84. The molecule has 0 aliphatic heterocycles. The quantitative estimate of drug-likeness (QED) is 0.420. The van der Waals surface area contributed by atoms with E-state index in [0.717, 1.165) is 12.8 Å². The molecular weight excluding hydrogens is 429 g/mol. The number of fused-ring (bicyclic) bond motifs is 1. The summed E-state index contributed by atoms with van der Waals surface area (Å²) >= 11 is 0. The average molecular weight is 458 g/mol. The number of aromatic nitrogens is 2. The normalized spacial score (nSPS) is 10.8. The Morgan fingerprint density at radius 1 is 1.06 bits per heavy atom. The Morgan fingerprint density at radius 3 is 2.52 bits per heavy atom. The Balaban J connectivity index is 1.38. The number of aryl methyl sites for hydroxylation is 1. The van der Waals surface area contributed by atoms with Crippen LogP contribution in [0.25, 0.3) is 10.9 Å². The van der Waals surface area contributed by atoms with E-state index in [0.29, 0.717) is 60.7 Å². The molecule has 1 N–H and O–H groups in total. The highest BCUT2D eigenvalue weighted by Crippen LogP contribution is 2.29. The zero-order valence-corrected chi connectivity index (χ0v) is 18.8. The Kier molecular flexibility index (Phi) is 8.63. The van der Waals surface area contributed by atoms with E-state index in [2.05, 4.69) is 10.3 Å². The molecule has 0 radical (unpaired) electrons. The minimum Gasteiger partial charge on any atom is -0.494 e. The van der Waals surface area contributed by atoms with Crippen LogP contribution in [0.5, 0.6) is 17.2 Å². The van der Waals surface area contributed by atoms with E-state index in [9.17, 15) is 14.0 Å². The van der Waals surface area contributed by atoms with Crippen LogP contribution in [0.2, 0.25) is 0 Å². The minimum atomic E-state index is -0.298. The Morgan fingerprint density at radius 2 is 1.79 bits per heavy atom. The van der Waals surface area contributed by atoms with Gasteiger partial charge in [-0.15, -0.1) is 0 Å². The van der Waals surface area contributed by atoms with Crippen LogP contribution in [0, 0.1) is 5.82 Å². The van der Waals surface area contributed by atoms with Crippen molar-refractivity contribution in [2.75, 3.05) is 27.4 Å². The molecule has 33 heavy (non-hydrogen) atoms. The second-order valence-electron chi connectivity index (χ2n) is 7.43. The molecule has 9 heteroatoms. The van der Waals surface area contributed by atoms with Crippen LogP contribution >= 0.6 is 0 Å². The number of unbranched alkanes of at least 4 members (excludes halogenated alkanes) is 1. The van der Waals surface area contributed by atoms with E-state index in [1.54, 1.807) is 24.3 Å². The molecule has 0 atom stereocenters. The lowest BCUT2D eigenvalue weighted by molar-refractivity contribution is -0.121. The number of nitrogens with one attached hydrogen (secondary N) is 1. The standard InChI is InChI=1S/C24H28FN3O5/c1-31-21-14-19-20(15-22(21)32-2)27-16-28(24(19)30)12-5-6-23(29)26-11-3-4-13-33-18-9-7-17(25)8-10-18/h7-10,14-16H,3-6,11-13H2,1-2H3,(H,26,29). The van der Waals surface area contributed by atoms with Gasteiger partial charge < -0.3 is 19.5 Å². The van der Waals surface area contributed by atoms with Gasteiger partial charge in [0.15, 0.2) is 11.5 Å². The van der Waals surface area contributed by atoms with E-state index in [-0.39, 0.29) is 17.3 Å². The van der Waals surface area contributed by atoms with Crippen LogP contribution in [-0.4, -0.2) is 42.8 Å². The van der Waals surface area contributed by atoms with Gasteiger partial charge in [0.2, 0.25) is 5.91 Å². The van der Waals surface area contributed by atoms with Crippen molar-refractivity contribution in [2.24, 2.45) is 0 Å². The molecule has 2 aromatic carbocycles. The first-order valence-electron chi connectivity index (χ1n) is 10.8. The summed E-state index contributed by atoms with van der Waals surface area (Å²) < 4.78 is 30.4. The summed E-state index contributed by atoms with van der Waals surface area (Å²) in [5.41, 5.74) is 0.331. The van der Waals surface area contributed by atoms with E-state index in [4.69, 9.17) is 14.2 Å². The average Bonchev–Trinajstić information content (AvgIpc) is 2.83. The SMILES string of the molecule is COc1cc2ncn(CCCC(=O)NCCCCOc3ccc(F)cc3)c(=O)c2cc1OC. The molecule has 8 nitrogen and oxygen atoms in total. The van der Waals surface area contributed by atoms with Crippen LogP contribution in [0.4, 0.5) is 4.39 Å². The lowest BCUT2D eigenvalue weighted by Crippen LogP contribution is -2.26. The number of benzene rings is 2. The topological polar surface area (TPSA) is 91.7 Å². The molecular formula is C24H28FN3O5. The first kappa shape index (κ1) is 24.0. The number of carbonyl (C=O) groups is 1. The number of ether oxygens (including phenoxy) is 3. The zero-order valence-electron chi connectivity index (χ0n) is 18.8. The number of carbonyl (C=O) groups excluding carboxylic acids is 1. The predicted octanol–water partition coefficient (Wildman–Crippen LogP) is 3.31. The maximum atomic E-state index is 12.8. The summed E-state index contributed by atoms with van der Waals surface area (Å²) in [4.78, 5) is 29.1. The van der Waals surface area contributed by atoms with Gasteiger partial charge in [0, 0.05) is 25.6 Å². The molecule has 0 saturated heterocycles. The number of nitrogens with zero attached hydrogens (tertiary/aromatic N) is 2. The molecule has 176 valence electrons. The summed E-state index contributed by atoms with van der Waals surface area (Å²) in [6, 6.07) is 9.16. The van der Waals surface area contributed by atoms with Crippen LogP contribution < -0.4 is 25.1 Å². The Hall–Kier alpha value is -3.62. The zero-order chi connectivity index (χ0) is 23.6. The van der Waals surface area contributed by atoms with Crippen molar-refractivity contribution in [1.82, 2.24) is 14.9 Å². The van der Waals surface area contributed by atoms with Gasteiger partial charge in [-0.2, -0.15) is 0 Å². The van der Waals surface area contributed by atoms with Crippen LogP contribution in [0.1, 0.15) is 25.7 Å². The van der Waals surface area contributed by atoms with Crippen LogP contribution in [0.15, 0.2) is 47.5 Å². The monoisotopic (exact) mass is 457 g/mol. The summed E-state index contributed by atoms with van der Waals surface area (Å²) in [5, 5.41) is 3.30.